The summed E-state index contributed by atoms with van der Waals surface area (Å²) in [4.78, 5) is 19.6. The van der Waals surface area contributed by atoms with Crippen molar-refractivity contribution in [2.75, 3.05) is 14.2 Å². The number of benzene rings is 1. The number of methoxy groups -OCH3 is 2. The highest BCUT2D eigenvalue weighted by Gasteiger charge is 2.43. The number of fused-ring (bicyclic) bond motifs is 4. The Morgan fingerprint density at radius 3 is 2.50 bits per heavy atom. The van der Waals surface area contributed by atoms with Gasteiger partial charge in [0.15, 0.2) is 23.2 Å². The predicted molar refractivity (Wildman–Crippen MR) is 116 cm³/mol. The van der Waals surface area contributed by atoms with Gasteiger partial charge in [-0.3, -0.25) is 9.48 Å². The summed E-state index contributed by atoms with van der Waals surface area (Å²) in [7, 11) is 4.63. The minimum absolute atomic E-state index is 0.120. The lowest BCUT2D eigenvalue weighted by atomic mass is 9.81. The van der Waals surface area contributed by atoms with Gasteiger partial charge in [0.1, 0.15) is 0 Å². The molecule has 0 aliphatic carbocycles. The van der Waals surface area contributed by atoms with Gasteiger partial charge in [0.2, 0.25) is 0 Å². The van der Waals surface area contributed by atoms with E-state index in [-0.39, 0.29) is 29.4 Å². The van der Waals surface area contributed by atoms with Crippen LogP contribution in [0.15, 0.2) is 24.4 Å². The highest BCUT2D eigenvalue weighted by atomic mass is 19.2. The van der Waals surface area contributed by atoms with Crippen LogP contribution in [0.1, 0.15) is 46.9 Å². The van der Waals surface area contributed by atoms with Gasteiger partial charge in [-0.15, -0.1) is 0 Å². The summed E-state index contributed by atoms with van der Waals surface area (Å²) in [5.74, 6) is -3.56. The maximum Gasteiger partial charge on any atom is 0.256 e. The summed E-state index contributed by atoms with van der Waals surface area (Å²) < 4.78 is 53.5. The normalized spacial score (nSPS) is 19.1. The summed E-state index contributed by atoms with van der Waals surface area (Å²) in [6.07, 6.45) is 4.35. The first kappa shape index (κ1) is 22.2. The molecule has 7 nitrogen and oxygen atoms in total. The zero-order chi connectivity index (χ0) is 24.1. The van der Waals surface area contributed by atoms with Gasteiger partial charge in [-0.1, -0.05) is 0 Å². The van der Waals surface area contributed by atoms with Crippen LogP contribution in [0.2, 0.25) is 0 Å². The predicted octanol–water partition coefficient (Wildman–Crippen LogP) is 4.21. The maximum absolute atomic E-state index is 14.0. The van der Waals surface area contributed by atoms with Crippen molar-refractivity contribution in [2.24, 2.45) is 7.05 Å². The lowest BCUT2D eigenvalue weighted by Gasteiger charge is -2.45. The molecule has 1 saturated heterocycles. The van der Waals surface area contributed by atoms with E-state index in [1.165, 1.54) is 20.4 Å². The molecule has 0 spiro atoms. The lowest BCUT2D eigenvalue weighted by Crippen LogP contribution is -2.49. The molecule has 0 radical (unpaired) electrons. The van der Waals surface area contributed by atoms with E-state index in [2.05, 4.69) is 10.1 Å². The quantitative estimate of drug-likeness (QED) is 0.532. The van der Waals surface area contributed by atoms with Crippen molar-refractivity contribution in [2.45, 2.75) is 37.8 Å². The monoisotopic (exact) mass is 472 g/mol. The van der Waals surface area contributed by atoms with Crippen molar-refractivity contribution < 1.29 is 27.4 Å². The summed E-state index contributed by atoms with van der Waals surface area (Å²) in [6.45, 7) is 0. The number of ether oxygens (including phenoxy) is 2. The van der Waals surface area contributed by atoms with E-state index in [9.17, 15) is 18.0 Å². The fourth-order valence-electron chi connectivity index (χ4n) is 5.20. The first-order valence-corrected chi connectivity index (χ1v) is 10.9. The van der Waals surface area contributed by atoms with E-state index in [0.29, 0.717) is 35.5 Å². The largest absolute Gasteiger partial charge is 0.491 e. The van der Waals surface area contributed by atoms with Gasteiger partial charge < -0.3 is 14.4 Å². The molecule has 2 bridgehead atoms. The average molecular weight is 472 g/mol. The Morgan fingerprint density at radius 1 is 1.09 bits per heavy atom. The van der Waals surface area contributed by atoms with Gasteiger partial charge >= 0.3 is 0 Å². The Hall–Kier alpha value is -3.56. The molecule has 3 aromatic rings. The van der Waals surface area contributed by atoms with Gasteiger partial charge in [0, 0.05) is 36.5 Å². The molecule has 0 N–H and O–H groups in total. The van der Waals surface area contributed by atoms with Gasteiger partial charge in [-0.2, -0.15) is 5.10 Å². The van der Waals surface area contributed by atoms with E-state index in [1.807, 2.05) is 4.90 Å². The number of nitrogens with zero attached hydrogens (tertiary/aromatic N) is 4. The number of carbonyl (C=O) groups is 1. The first-order valence-electron chi connectivity index (χ1n) is 10.9. The van der Waals surface area contributed by atoms with Crippen LogP contribution >= 0.6 is 0 Å². The minimum Gasteiger partial charge on any atom is -0.491 e. The molecular formula is C24H23F3N4O3. The Labute approximate surface area is 194 Å². The summed E-state index contributed by atoms with van der Waals surface area (Å²) in [5, 5.41) is 4.64. The zero-order valence-corrected chi connectivity index (χ0v) is 18.9. The number of halogens is 3. The number of hydrogen-bond acceptors (Lipinski definition) is 5. The van der Waals surface area contributed by atoms with E-state index in [1.54, 1.807) is 17.8 Å². The van der Waals surface area contributed by atoms with Gasteiger partial charge in [0.25, 0.3) is 11.8 Å². The summed E-state index contributed by atoms with van der Waals surface area (Å²) in [6, 6.07) is 3.16. The van der Waals surface area contributed by atoms with Crippen LogP contribution in [0.4, 0.5) is 13.2 Å². The highest BCUT2D eigenvalue weighted by molar-refractivity contribution is 5.95. The SMILES string of the molecule is COc1cc(C(=O)N2C3CCCC2c2nn(C)c(-c4cc(F)c(F)c(F)c4)c2C3)cnc1OC. The van der Waals surface area contributed by atoms with Crippen molar-refractivity contribution in [3.8, 4) is 22.9 Å². The second-order valence-electron chi connectivity index (χ2n) is 8.54. The van der Waals surface area contributed by atoms with Gasteiger partial charge in [-0.05, 0) is 37.8 Å². The van der Waals surface area contributed by atoms with E-state index in [0.717, 1.165) is 30.5 Å². The molecule has 1 fully saturated rings. The molecule has 178 valence electrons. The molecule has 2 aliphatic heterocycles. The first-order chi connectivity index (χ1) is 16.3. The van der Waals surface area contributed by atoms with Crippen molar-refractivity contribution in [3.63, 3.8) is 0 Å². The number of aromatic nitrogens is 3. The second kappa shape index (κ2) is 8.34. The Bertz CT molecular complexity index is 1270. The third-order valence-electron chi connectivity index (χ3n) is 6.65. The fraction of sp³-hybridized carbons (Fsp3) is 0.375. The van der Waals surface area contributed by atoms with Crippen LogP contribution in [0.5, 0.6) is 11.6 Å². The molecule has 4 heterocycles. The number of amides is 1. The number of piperidine rings is 1. The van der Waals surface area contributed by atoms with E-state index in [4.69, 9.17) is 9.47 Å². The Kier molecular flexibility index (Phi) is 5.45. The van der Waals surface area contributed by atoms with Crippen LogP contribution in [0.25, 0.3) is 11.3 Å². The topological polar surface area (TPSA) is 69.5 Å². The third-order valence-corrected chi connectivity index (χ3v) is 6.65. The van der Waals surface area contributed by atoms with Crippen LogP contribution < -0.4 is 9.47 Å². The number of hydrogen-bond donors (Lipinski definition) is 0. The Morgan fingerprint density at radius 2 is 1.82 bits per heavy atom. The standard InChI is InChI=1S/C24H23F3N4O3/c1-30-22(12-7-16(25)20(27)17(26)8-12)15-10-14-5-4-6-18(21(15)29-30)31(14)24(32)13-9-19(33-2)23(34-3)28-11-13/h7-9,11,14,18H,4-6,10H2,1-3H3. The van der Waals surface area contributed by atoms with Crippen LogP contribution in [0, 0.1) is 17.5 Å². The molecule has 10 heteroatoms. The second-order valence-corrected chi connectivity index (χ2v) is 8.54. The third kappa shape index (κ3) is 3.39. The fourth-order valence-corrected chi connectivity index (χ4v) is 5.20. The van der Waals surface area contributed by atoms with E-state index < -0.39 is 17.5 Å². The summed E-state index contributed by atoms with van der Waals surface area (Å²) >= 11 is 0. The molecule has 5 rings (SSSR count). The number of aryl methyl sites for hydroxylation is 1. The van der Waals surface area contributed by atoms with Gasteiger partial charge in [-0.25, -0.2) is 18.2 Å². The van der Waals surface area contributed by atoms with Crippen molar-refractivity contribution >= 4 is 5.91 Å². The molecule has 1 aromatic carbocycles. The average Bonchev–Trinajstić information content (AvgIpc) is 3.16. The van der Waals surface area contributed by atoms with Crippen molar-refractivity contribution in [1.29, 1.82) is 0 Å². The maximum atomic E-state index is 14.0. The zero-order valence-electron chi connectivity index (χ0n) is 18.9. The highest BCUT2D eigenvalue weighted by Crippen LogP contribution is 2.45. The molecule has 0 saturated carbocycles. The molecule has 2 aliphatic rings. The van der Waals surface area contributed by atoms with Crippen LogP contribution in [-0.2, 0) is 13.5 Å². The number of carbonyl (C=O) groups excluding carboxylic acids is 1. The van der Waals surface area contributed by atoms with Crippen molar-refractivity contribution in [1.82, 2.24) is 19.7 Å². The molecular weight excluding hydrogens is 449 g/mol. The molecule has 2 atom stereocenters. The molecule has 34 heavy (non-hydrogen) atoms. The van der Waals surface area contributed by atoms with Crippen LogP contribution in [0.3, 0.4) is 0 Å². The number of pyridine rings is 1. The molecule has 2 aromatic heterocycles. The Balaban J connectivity index is 1.56. The smallest absolute Gasteiger partial charge is 0.256 e. The summed E-state index contributed by atoms with van der Waals surface area (Å²) in [5.41, 5.74) is 2.65. The lowest BCUT2D eigenvalue weighted by molar-refractivity contribution is 0.0391. The van der Waals surface area contributed by atoms with E-state index >= 15 is 0 Å². The molecule has 2 unspecified atom stereocenters. The number of rotatable bonds is 4. The molecule has 1 amide bonds. The van der Waals surface area contributed by atoms with Crippen molar-refractivity contribution in [3.05, 3.63) is 58.7 Å². The minimum atomic E-state index is -1.50. The van der Waals surface area contributed by atoms with Gasteiger partial charge in [0.05, 0.1) is 37.2 Å². The van der Waals surface area contributed by atoms with Crippen LogP contribution in [-0.4, -0.2) is 45.8 Å².